The third kappa shape index (κ3) is 6.05. The highest BCUT2D eigenvalue weighted by atomic mass is 15.2. The number of rotatable bonds is 3. The minimum Gasteiger partial charge on any atom is -0.304 e. The molecule has 1 aliphatic heterocycles. The molecule has 13 heavy (non-hydrogen) atoms. The van der Waals surface area contributed by atoms with Gasteiger partial charge in [0.2, 0.25) is 0 Å². The summed E-state index contributed by atoms with van der Waals surface area (Å²) in [6.07, 6.45) is 2.69. The summed E-state index contributed by atoms with van der Waals surface area (Å²) in [7, 11) is 2.21. The lowest BCUT2D eigenvalue weighted by atomic mass is 10.3. The van der Waals surface area contributed by atoms with E-state index in [-0.39, 0.29) is 0 Å². The highest BCUT2D eigenvalue weighted by Crippen LogP contribution is 2.00. The Balaban J connectivity index is 0.000000671. The molecule has 0 bridgehead atoms. The van der Waals surface area contributed by atoms with E-state index in [1.165, 1.54) is 45.6 Å². The van der Waals surface area contributed by atoms with Crippen molar-refractivity contribution in [2.24, 2.45) is 0 Å². The highest BCUT2D eigenvalue weighted by Gasteiger charge is 2.11. The van der Waals surface area contributed by atoms with Crippen molar-refractivity contribution in [2.45, 2.75) is 33.6 Å². The summed E-state index contributed by atoms with van der Waals surface area (Å²) < 4.78 is 0. The molecule has 0 aromatic carbocycles. The van der Waals surface area contributed by atoms with Crippen molar-refractivity contribution in [3.63, 3.8) is 0 Å². The second-order valence-corrected chi connectivity index (χ2v) is 3.50. The maximum atomic E-state index is 2.57. The SMILES string of the molecule is CC.CCCCN1CCN(C)CC1. The van der Waals surface area contributed by atoms with Crippen molar-refractivity contribution in [2.75, 3.05) is 39.8 Å². The Morgan fingerprint density at radius 3 is 2.00 bits per heavy atom. The summed E-state index contributed by atoms with van der Waals surface area (Å²) in [6, 6.07) is 0. The van der Waals surface area contributed by atoms with Crippen molar-refractivity contribution < 1.29 is 0 Å². The molecular formula is C11H26N2. The van der Waals surface area contributed by atoms with Crippen LogP contribution in [0.15, 0.2) is 0 Å². The molecule has 1 saturated heterocycles. The number of nitrogens with zero attached hydrogens (tertiary/aromatic N) is 2. The Kier molecular flexibility index (Phi) is 8.46. The van der Waals surface area contributed by atoms with Crippen LogP contribution < -0.4 is 0 Å². The van der Waals surface area contributed by atoms with Crippen molar-refractivity contribution in [3.8, 4) is 0 Å². The summed E-state index contributed by atoms with van der Waals surface area (Å²) in [4.78, 5) is 4.98. The Bertz CT molecular complexity index is 93.5. The molecule has 0 aromatic heterocycles. The van der Waals surface area contributed by atoms with Crippen LogP contribution in [-0.2, 0) is 0 Å². The number of hydrogen-bond acceptors (Lipinski definition) is 2. The zero-order valence-corrected chi connectivity index (χ0v) is 9.84. The Morgan fingerprint density at radius 2 is 1.54 bits per heavy atom. The average Bonchev–Trinajstić information content (AvgIpc) is 2.20. The normalized spacial score (nSPS) is 19.4. The summed E-state index contributed by atoms with van der Waals surface area (Å²) in [5.41, 5.74) is 0. The van der Waals surface area contributed by atoms with Crippen LogP contribution in [0.5, 0.6) is 0 Å². The van der Waals surface area contributed by atoms with Crippen LogP contribution in [0.4, 0.5) is 0 Å². The van der Waals surface area contributed by atoms with E-state index in [0.29, 0.717) is 0 Å². The zero-order valence-electron chi connectivity index (χ0n) is 9.84. The van der Waals surface area contributed by atoms with Gasteiger partial charge in [0.15, 0.2) is 0 Å². The molecule has 2 heteroatoms. The van der Waals surface area contributed by atoms with Crippen molar-refractivity contribution >= 4 is 0 Å². The molecule has 0 amide bonds. The number of piperazine rings is 1. The smallest absolute Gasteiger partial charge is 0.0110 e. The third-order valence-electron chi connectivity index (χ3n) is 2.42. The van der Waals surface area contributed by atoms with Gasteiger partial charge in [0, 0.05) is 26.2 Å². The van der Waals surface area contributed by atoms with E-state index < -0.39 is 0 Å². The van der Waals surface area contributed by atoms with Crippen LogP contribution in [0.1, 0.15) is 33.6 Å². The number of hydrogen-bond donors (Lipinski definition) is 0. The lowest BCUT2D eigenvalue weighted by molar-refractivity contribution is 0.152. The van der Waals surface area contributed by atoms with Crippen LogP contribution in [0, 0.1) is 0 Å². The van der Waals surface area contributed by atoms with Gasteiger partial charge < -0.3 is 9.80 Å². The van der Waals surface area contributed by atoms with Crippen molar-refractivity contribution in [1.82, 2.24) is 9.80 Å². The molecule has 0 aliphatic carbocycles. The zero-order chi connectivity index (χ0) is 10.1. The highest BCUT2D eigenvalue weighted by molar-refractivity contribution is 4.68. The first-order chi connectivity index (χ1) is 6.33. The summed E-state index contributed by atoms with van der Waals surface area (Å²) in [5.74, 6) is 0. The van der Waals surface area contributed by atoms with Crippen molar-refractivity contribution in [3.05, 3.63) is 0 Å². The van der Waals surface area contributed by atoms with E-state index in [4.69, 9.17) is 0 Å². The van der Waals surface area contributed by atoms with Gasteiger partial charge in [0.25, 0.3) is 0 Å². The molecule has 1 heterocycles. The van der Waals surface area contributed by atoms with Gasteiger partial charge in [-0.25, -0.2) is 0 Å². The monoisotopic (exact) mass is 186 g/mol. The van der Waals surface area contributed by atoms with Gasteiger partial charge in [0.1, 0.15) is 0 Å². The number of likely N-dealkylation sites (N-methyl/N-ethyl adjacent to an activating group) is 1. The molecule has 0 atom stereocenters. The second kappa shape index (κ2) is 8.52. The first kappa shape index (κ1) is 12.9. The standard InChI is InChI=1S/C9H20N2.C2H6/c1-3-4-5-11-8-6-10(2)7-9-11;1-2/h3-9H2,1-2H3;1-2H3. The molecular weight excluding hydrogens is 160 g/mol. The van der Waals surface area contributed by atoms with Crippen LogP contribution in [0.3, 0.4) is 0 Å². The van der Waals surface area contributed by atoms with Gasteiger partial charge in [-0.2, -0.15) is 0 Å². The fourth-order valence-electron chi connectivity index (χ4n) is 1.45. The molecule has 1 aliphatic rings. The molecule has 0 radical (unpaired) electrons. The van der Waals surface area contributed by atoms with Crippen LogP contribution in [0.2, 0.25) is 0 Å². The fourth-order valence-corrected chi connectivity index (χ4v) is 1.45. The van der Waals surface area contributed by atoms with E-state index in [1.807, 2.05) is 13.8 Å². The molecule has 0 saturated carbocycles. The Morgan fingerprint density at radius 1 is 1.00 bits per heavy atom. The predicted molar refractivity (Wildman–Crippen MR) is 60.2 cm³/mol. The summed E-state index contributed by atoms with van der Waals surface area (Å²) >= 11 is 0. The molecule has 0 unspecified atom stereocenters. The molecule has 0 N–H and O–H groups in total. The largest absolute Gasteiger partial charge is 0.304 e. The van der Waals surface area contributed by atoms with Gasteiger partial charge >= 0.3 is 0 Å². The fraction of sp³-hybridized carbons (Fsp3) is 1.00. The van der Waals surface area contributed by atoms with Crippen LogP contribution in [0.25, 0.3) is 0 Å². The maximum absolute atomic E-state index is 2.57. The van der Waals surface area contributed by atoms with Gasteiger partial charge in [-0.1, -0.05) is 27.2 Å². The van der Waals surface area contributed by atoms with Gasteiger partial charge in [-0.05, 0) is 20.0 Å². The van der Waals surface area contributed by atoms with E-state index in [0.717, 1.165) is 0 Å². The van der Waals surface area contributed by atoms with Crippen LogP contribution >= 0.6 is 0 Å². The molecule has 1 fully saturated rings. The van der Waals surface area contributed by atoms with E-state index >= 15 is 0 Å². The quantitative estimate of drug-likeness (QED) is 0.665. The van der Waals surface area contributed by atoms with Gasteiger partial charge in [-0.3, -0.25) is 0 Å². The lowest BCUT2D eigenvalue weighted by Gasteiger charge is -2.32. The van der Waals surface area contributed by atoms with Crippen LogP contribution in [-0.4, -0.2) is 49.6 Å². The topological polar surface area (TPSA) is 6.48 Å². The lowest BCUT2D eigenvalue weighted by Crippen LogP contribution is -2.44. The van der Waals surface area contributed by atoms with Gasteiger partial charge in [-0.15, -0.1) is 0 Å². The van der Waals surface area contributed by atoms with Gasteiger partial charge in [0.05, 0.1) is 0 Å². The van der Waals surface area contributed by atoms with Crippen molar-refractivity contribution in [1.29, 1.82) is 0 Å². The first-order valence-electron chi connectivity index (χ1n) is 5.74. The summed E-state index contributed by atoms with van der Waals surface area (Å²) in [6.45, 7) is 12.6. The minimum atomic E-state index is 1.25. The van der Waals surface area contributed by atoms with E-state index in [1.54, 1.807) is 0 Å². The minimum absolute atomic E-state index is 1.25. The molecule has 80 valence electrons. The van der Waals surface area contributed by atoms with E-state index in [9.17, 15) is 0 Å². The second-order valence-electron chi connectivity index (χ2n) is 3.50. The summed E-state index contributed by atoms with van der Waals surface area (Å²) in [5, 5.41) is 0. The van der Waals surface area contributed by atoms with E-state index in [2.05, 4.69) is 23.8 Å². The number of unbranched alkanes of at least 4 members (excludes halogenated alkanes) is 1. The molecule has 1 rings (SSSR count). The Labute approximate surface area is 83.9 Å². The Hall–Kier alpha value is -0.0800. The molecule has 0 spiro atoms. The average molecular weight is 186 g/mol. The maximum Gasteiger partial charge on any atom is 0.0110 e. The third-order valence-corrected chi connectivity index (χ3v) is 2.42. The predicted octanol–water partition coefficient (Wildman–Crippen LogP) is 2.06. The molecule has 0 aromatic rings. The molecule has 2 nitrogen and oxygen atoms in total. The first-order valence-corrected chi connectivity index (χ1v) is 5.74.